The lowest BCUT2D eigenvalue weighted by molar-refractivity contribution is 0.0177. The summed E-state index contributed by atoms with van der Waals surface area (Å²) in [5.74, 6) is -2.67. The molecule has 0 radical (unpaired) electrons. The third-order valence-corrected chi connectivity index (χ3v) is 7.86. The number of nitrogens with zero attached hydrogens (tertiary/aromatic N) is 1. The summed E-state index contributed by atoms with van der Waals surface area (Å²) in [7, 11) is 0. The number of likely N-dealkylation sites (tertiary alicyclic amines) is 1. The van der Waals surface area contributed by atoms with Crippen LogP contribution in [0.15, 0.2) is 54.6 Å². The summed E-state index contributed by atoms with van der Waals surface area (Å²) in [6.45, 7) is 2.59. The molecular formula is C29H27F4N3O2S. The van der Waals surface area contributed by atoms with Crippen molar-refractivity contribution < 1.29 is 27.0 Å². The Morgan fingerprint density at radius 2 is 1.82 bits per heavy atom. The van der Waals surface area contributed by atoms with Crippen LogP contribution in [0.1, 0.15) is 24.5 Å². The van der Waals surface area contributed by atoms with Gasteiger partial charge in [-0.2, -0.15) is 0 Å². The second-order valence-electron chi connectivity index (χ2n) is 9.54. The molecule has 204 valence electrons. The number of ether oxygens (including phenoxy) is 2. The quantitative estimate of drug-likeness (QED) is 0.120. The minimum atomic E-state index is -3.31. The molecule has 1 aliphatic rings. The number of rotatable bonds is 10. The zero-order valence-electron chi connectivity index (χ0n) is 21.1. The standard InChI is InChI=1S/C29H27F4N3O2S/c1-29(32,33)24-13-17(31)3-8-21(24)28-26(22-9-10-25(35)23(14-34)27(22)39-28)38-19-6-4-18(5-7-19)37-20-15-36(16-20)12-2-11-30/h3-10,13-14,20,34H,2,11-12,15-16,35H2,1H3. The van der Waals surface area contributed by atoms with Crippen molar-refractivity contribution in [3.8, 4) is 27.7 Å². The Kier molecular flexibility index (Phi) is 7.51. The SMILES string of the molecule is CC(F)(F)c1cc(F)ccc1-c1sc2c(C=N)c(N)ccc2c1Oc1ccc(OC2CN(CCCF)C2)cc1. The maximum Gasteiger partial charge on any atom is 0.271 e. The van der Waals surface area contributed by atoms with E-state index in [-0.39, 0.29) is 18.3 Å². The number of hydrogen-bond donors (Lipinski definition) is 2. The number of alkyl halides is 3. The first-order valence-corrected chi connectivity index (χ1v) is 13.3. The van der Waals surface area contributed by atoms with E-state index in [1.165, 1.54) is 6.07 Å². The van der Waals surface area contributed by atoms with Gasteiger partial charge in [-0.3, -0.25) is 9.29 Å². The highest BCUT2D eigenvalue weighted by molar-refractivity contribution is 7.23. The molecule has 4 aromatic rings. The number of benzene rings is 3. The van der Waals surface area contributed by atoms with Crippen LogP contribution in [0.3, 0.4) is 0 Å². The van der Waals surface area contributed by atoms with Gasteiger partial charge in [0.15, 0.2) is 5.75 Å². The van der Waals surface area contributed by atoms with Crippen LogP contribution < -0.4 is 15.2 Å². The van der Waals surface area contributed by atoms with Crippen molar-refractivity contribution in [3.05, 3.63) is 71.5 Å². The van der Waals surface area contributed by atoms with Gasteiger partial charge in [-0.25, -0.2) is 13.2 Å². The molecular weight excluding hydrogens is 530 g/mol. The molecule has 0 bridgehead atoms. The van der Waals surface area contributed by atoms with Gasteiger partial charge in [-0.15, -0.1) is 11.3 Å². The number of anilines is 1. The molecule has 10 heteroatoms. The van der Waals surface area contributed by atoms with Crippen LogP contribution in [0.5, 0.6) is 17.2 Å². The van der Waals surface area contributed by atoms with Crippen molar-refractivity contribution in [2.24, 2.45) is 0 Å². The highest BCUT2D eigenvalue weighted by Crippen LogP contribution is 2.50. The second-order valence-corrected chi connectivity index (χ2v) is 10.6. The molecule has 39 heavy (non-hydrogen) atoms. The van der Waals surface area contributed by atoms with E-state index in [1.54, 1.807) is 36.4 Å². The molecule has 5 nitrogen and oxygen atoms in total. The molecule has 3 aromatic carbocycles. The highest BCUT2D eigenvalue weighted by Gasteiger charge is 2.32. The molecule has 1 saturated heterocycles. The lowest BCUT2D eigenvalue weighted by Gasteiger charge is -2.38. The number of fused-ring (bicyclic) bond motifs is 1. The normalized spacial score (nSPS) is 14.4. The fourth-order valence-electron chi connectivity index (χ4n) is 4.64. The lowest BCUT2D eigenvalue weighted by atomic mass is 10.00. The first-order chi connectivity index (χ1) is 18.7. The van der Waals surface area contributed by atoms with Crippen LogP contribution >= 0.6 is 11.3 Å². The van der Waals surface area contributed by atoms with E-state index in [0.29, 0.717) is 56.4 Å². The molecule has 5 rings (SSSR count). The average molecular weight is 558 g/mol. The fraction of sp³-hybridized carbons (Fsp3) is 0.276. The van der Waals surface area contributed by atoms with Crippen molar-refractivity contribution in [1.82, 2.24) is 4.90 Å². The largest absolute Gasteiger partial charge is 0.488 e. The van der Waals surface area contributed by atoms with Gasteiger partial charge in [0.05, 0.1) is 11.6 Å². The van der Waals surface area contributed by atoms with E-state index >= 15 is 0 Å². The van der Waals surface area contributed by atoms with Gasteiger partial charge in [0.2, 0.25) is 0 Å². The molecule has 0 spiro atoms. The third-order valence-electron chi connectivity index (χ3n) is 6.61. The van der Waals surface area contributed by atoms with E-state index in [1.807, 2.05) is 0 Å². The maximum absolute atomic E-state index is 14.6. The predicted molar refractivity (Wildman–Crippen MR) is 147 cm³/mol. The van der Waals surface area contributed by atoms with Gasteiger partial charge >= 0.3 is 0 Å². The average Bonchev–Trinajstić information content (AvgIpc) is 3.23. The van der Waals surface area contributed by atoms with Crippen LogP contribution in [0.2, 0.25) is 0 Å². The summed E-state index contributed by atoms with van der Waals surface area (Å²) in [4.78, 5) is 2.50. The monoisotopic (exact) mass is 557 g/mol. The van der Waals surface area contributed by atoms with Crippen molar-refractivity contribution in [2.45, 2.75) is 25.4 Å². The summed E-state index contributed by atoms with van der Waals surface area (Å²) in [5.41, 5.74) is 6.58. The van der Waals surface area contributed by atoms with Gasteiger partial charge in [0, 0.05) is 65.2 Å². The summed E-state index contributed by atoms with van der Waals surface area (Å²) in [6, 6.07) is 13.6. The zero-order valence-corrected chi connectivity index (χ0v) is 22.0. The van der Waals surface area contributed by atoms with Gasteiger partial charge < -0.3 is 20.6 Å². The topological polar surface area (TPSA) is 71.6 Å². The number of nitrogens with one attached hydrogen (secondary N) is 1. The Morgan fingerprint density at radius 3 is 2.49 bits per heavy atom. The Hall–Kier alpha value is -3.63. The molecule has 1 fully saturated rings. The smallest absolute Gasteiger partial charge is 0.271 e. The molecule has 1 aromatic heterocycles. The molecule has 0 unspecified atom stereocenters. The Bertz CT molecular complexity index is 1500. The minimum Gasteiger partial charge on any atom is -0.488 e. The van der Waals surface area contributed by atoms with E-state index in [4.69, 9.17) is 20.6 Å². The van der Waals surface area contributed by atoms with Gasteiger partial charge in [0.1, 0.15) is 23.4 Å². The predicted octanol–water partition coefficient (Wildman–Crippen LogP) is 7.61. The lowest BCUT2D eigenvalue weighted by Crippen LogP contribution is -2.53. The molecule has 2 heterocycles. The van der Waals surface area contributed by atoms with Crippen molar-refractivity contribution in [2.75, 3.05) is 32.0 Å². The van der Waals surface area contributed by atoms with E-state index in [0.717, 1.165) is 49.7 Å². The zero-order chi connectivity index (χ0) is 27.7. The molecule has 1 aliphatic heterocycles. The van der Waals surface area contributed by atoms with E-state index in [2.05, 4.69) is 4.90 Å². The summed E-state index contributed by atoms with van der Waals surface area (Å²) in [5, 5.41) is 8.44. The number of thiophene rings is 1. The first-order valence-electron chi connectivity index (χ1n) is 12.4. The van der Waals surface area contributed by atoms with Crippen LogP contribution in [0.4, 0.5) is 23.2 Å². The first kappa shape index (κ1) is 27.0. The van der Waals surface area contributed by atoms with Crippen molar-refractivity contribution in [3.63, 3.8) is 0 Å². The molecule has 0 saturated carbocycles. The number of halogens is 4. The maximum atomic E-state index is 14.6. The fourth-order valence-corrected chi connectivity index (χ4v) is 5.93. The van der Waals surface area contributed by atoms with Crippen LogP contribution in [0.25, 0.3) is 20.5 Å². The number of nitrogen functional groups attached to an aromatic ring is 1. The van der Waals surface area contributed by atoms with E-state index < -0.39 is 17.3 Å². The molecule has 0 amide bonds. The highest BCUT2D eigenvalue weighted by atomic mass is 32.1. The second kappa shape index (κ2) is 10.9. The van der Waals surface area contributed by atoms with Gasteiger partial charge in [0.25, 0.3) is 5.92 Å². The Labute approximate surface area is 227 Å². The van der Waals surface area contributed by atoms with Crippen molar-refractivity contribution in [1.29, 1.82) is 5.41 Å². The van der Waals surface area contributed by atoms with Crippen LogP contribution in [0, 0.1) is 11.2 Å². The number of hydrogen-bond acceptors (Lipinski definition) is 6. The van der Waals surface area contributed by atoms with E-state index in [9.17, 15) is 17.6 Å². The molecule has 0 atom stereocenters. The summed E-state index contributed by atoms with van der Waals surface area (Å²) >= 11 is 1.16. The Morgan fingerprint density at radius 1 is 1.10 bits per heavy atom. The Balaban J connectivity index is 1.48. The minimum absolute atomic E-state index is 0.0291. The summed E-state index contributed by atoms with van der Waals surface area (Å²) < 4.78 is 68.4. The third kappa shape index (κ3) is 5.58. The molecule has 3 N–H and O–H groups in total. The summed E-state index contributed by atoms with van der Waals surface area (Å²) in [6.07, 6.45) is 1.66. The number of nitrogens with two attached hydrogens (primary N) is 1. The molecule has 0 aliphatic carbocycles. The van der Waals surface area contributed by atoms with Crippen LogP contribution in [-0.2, 0) is 5.92 Å². The van der Waals surface area contributed by atoms with Crippen LogP contribution in [-0.4, -0.2) is 43.5 Å². The van der Waals surface area contributed by atoms with Crippen molar-refractivity contribution >= 4 is 33.3 Å². The van der Waals surface area contributed by atoms with Gasteiger partial charge in [-0.1, -0.05) is 6.07 Å². The van der Waals surface area contributed by atoms with Gasteiger partial charge in [-0.05, 0) is 55.0 Å².